The molecule has 98 valence electrons. The van der Waals surface area contributed by atoms with E-state index >= 15 is 0 Å². The number of hydrogen-bond donors (Lipinski definition) is 1. The first kappa shape index (κ1) is 11.9. The van der Waals surface area contributed by atoms with Gasteiger partial charge in [0.25, 0.3) is 0 Å². The maximum Gasteiger partial charge on any atom is 0.128 e. The summed E-state index contributed by atoms with van der Waals surface area (Å²) in [6.45, 7) is 6.44. The molecule has 2 fully saturated rings. The fraction of sp³-hybridized carbons (Fsp3) is 0.643. The molecule has 1 aliphatic heterocycles. The number of anilines is 1. The van der Waals surface area contributed by atoms with Crippen LogP contribution in [0.3, 0.4) is 0 Å². The molecule has 0 radical (unpaired) electrons. The van der Waals surface area contributed by atoms with E-state index in [4.69, 9.17) is 5.73 Å². The van der Waals surface area contributed by atoms with Gasteiger partial charge in [0.1, 0.15) is 5.82 Å². The van der Waals surface area contributed by atoms with Crippen LogP contribution in [0.5, 0.6) is 0 Å². The van der Waals surface area contributed by atoms with Crippen LogP contribution >= 0.6 is 0 Å². The molecule has 1 aromatic heterocycles. The minimum atomic E-state index is 0.572. The molecule has 0 spiro atoms. The van der Waals surface area contributed by atoms with E-state index in [1.807, 2.05) is 6.20 Å². The lowest BCUT2D eigenvalue weighted by Crippen LogP contribution is -2.47. The molecule has 4 heteroatoms. The second kappa shape index (κ2) is 5.24. The van der Waals surface area contributed by atoms with E-state index in [-0.39, 0.29) is 0 Å². The molecule has 0 amide bonds. The predicted molar refractivity (Wildman–Crippen MR) is 73.5 cm³/mol. The first-order chi connectivity index (χ1) is 8.85. The van der Waals surface area contributed by atoms with Crippen molar-refractivity contribution in [3.05, 3.63) is 23.9 Å². The number of nitrogens with two attached hydrogens (primary N) is 1. The van der Waals surface area contributed by atoms with E-state index in [0.29, 0.717) is 6.54 Å². The third kappa shape index (κ3) is 2.82. The molecule has 3 rings (SSSR count). The molecular weight excluding hydrogens is 224 g/mol. The smallest absolute Gasteiger partial charge is 0.128 e. The Hall–Kier alpha value is -1.13. The molecular formula is C14H22N4. The van der Waals surface area contributed by atoms with Gasteiger partial charge in [-0.05, 0) is 30.4 Å². The van der Waals surface area contributed by atoms with Crippen molar-refractivity contribution in [2.45, 2.75) is 19.4 Å². The molecule has 4 nitrogen and oxygen atoms in total. The molecule has 2 aliphatic rings. The lowest BCUT2D eigenvalue weighted by molar-refractivity contribution is 0.247. The van der Waals surface area contributed by atoms with Gasteiger partial charge in [0.05, 0.1) is 0 Å². The Bertz CT molecular complexity index is 377. The van der Waals surface area contributed by atoms with Crippen LogP contribution in [0.15, 0.2) is 18.3 Å². The number of hydrogen-bond acceptors (Lipinski definition) is 4. The van der Waals surface area contributed by atoms with Crippen LogP contribution in [0.4, 0.5) is 5.82 Å². The monoisotopic (exact) mass is 246 g/mol. The van der Waals surface area contributed by atoms with Gasteiger partial charge in [-0.15, -0.1) is 0 Å². The number of pyridine rings is 1. The van der Waals surface area contributed by atoms with Gasteiger partial charge < -0.3 is 10.6 Å². The van der Waals surface area contributed by atoms with Crippen LogP contribution < -0.4 is 10.6 Å². The van der Waals surface area contributed by atoms with Gasteiger partial charge in [0.15, 0.2) is 0 Å². The summed E-state index contributed by atoms with van der Waals surface area (Å²) in [6.07, 6.45) is 4.79. The summed E-state index contributed by atoms with van der Waals surface area (Å²) in [4.78, 5) is 9.48. The summed E-state index contributed by atoms with van der Waals surface area (Å²) < 4.78 is 0. The normalized spacial score (nSPS) is 21.3. The Morgan fingerprint density at radius 1 is 1.17 bits per heavy atom. The van der Waals surface area contributed by atoms with E-state index in [9.17, 15) is 0 Å². The van der Waals surface area contributed by atoms with Crippen LogP contribution in [0, 0.1) is 5.92 Å². The summed E-state index contributed by atoms with van der Waals surface area (Å²) in [6, 6.07) is 4.18. The van der Waals surface area contributed by atoms with Crippen LogP contribution in [0.2, 0.25) is 0 Å². The molecule has 0 bridgehead atoms. The molecule has 18 heavy (non-hydrogen) atoms. The highest BCUT2D eigenvalue weighted by molar-refractivity contribution is 5.39. The zero-order valence-corrected chi connectivity index (χ0v) is 10.9. The Balaban J connectivity index is 1.54. The van der Waals surface area contributed by atoms with Gasteiger partial charge in [-0.25, -0.2) is 4.98 Å². The minimum Gasteiger partial charge on any atom is -0.354 e. The maximum atomic E-state index is 5.59. The summed E-state index contributed by atoms with van der Waals surface area (Å²) in [7, 11) is 0. The number of piperazine rings is 1. The summed E-state index contributed by atoms with van der Waals surface area (Å²) in [5, 5.41) is 0. The molecule has 2 heterocycles. The topological polar surface area (TPSA) is 45.4 Å². The van der Waals surface area contributed by atoms with E-state index in [0.717, 1.165) is 30.4 Å². The van der Waals surface area contributed by atoms with Crippen LogP contribution in [0.25, 0.3) is 0 Å². The number of rotatable bonds is 4. The minimum absolute atomic E-state index is 0.572. The first-order valence-corrected chi connectivity index (χ1v) is 6.97. The third-order valence-electron chi connectivity index (χ3n) is 3.95. The molecule has 1 aromatic rings. The molecule has 1 aliphatic carbocycles. The highest BCUT2D eigenvalue weighted by Crippen LogP contribution is 2.30. The Kier molecular flexibility index (Phi) is 3.48. The SMILES string of the molecule is NCc1ccc(N2CCN(CC3CC3)CC2)nc1. The van der Waals surface area contributed by atoms with Crippen molar-refractivity contribution in [3.8, 4) is 0 Å². The summed E-state index contributed by atoms with van der Waals surface area (Å²) >= 11 is 0. The van der Waals surface area contributed by atoms with Crippen molar-refractivity contribution in [3.63, 3.8) is 0 Å². The van der Waals surface area contributed by atoms with Gasteiger partial charge >= 0.3 is 0 Å². The number of nitrogens with zero attached hydrogens (tertiary/aromatic N) is 3. The van der Waals surface area contributed by atoms with Crippen molar-refractivity contribution in [1.29, 1.82) is 0 Å². The van der Waals surface area contributed by atoms with Crippen molar-refractivity contribution >= 4 is 5.82 Å². The van der Waals surface area contributed by atoms with Crippen molar-refractivity contribution in [1.82, 2.24) is 9.88 Å². The average molecular weight is 246 g/mol. The van der Waals surface area contributed by atoms with E-state index in [1.54, 1.807) is 0 Å². The maximum absolute atomic E-state index is 5.59. The predicted octanol–water partition coefficient (Wildman–Crippen LogP) is 1.07. The largest absolute Gasteiger partial charge is 0.354 e. The fourth-order valence-electron chi connectivity index (χ4n) is 2.55. The fourth-order valence-corrected chi connectivity index (χ4v) is 2.55. The van der Waals surface area contributed by atoms with Gasteiger partial charge in [0.2, 0.25) is 0 Å². The summed E-state index contributed by atoms with van der Waals surface area (Å²) in [5.41, 5.74) is 6.69. The second-order valence-corrected chi connectivity index (χ2v) is 5.46. The average Bonchev–Trinajstić information content (AvgIpc) is 3.24. The molecule has 1 saturated heterocycles. The third-order valence-corrected chi connectivity index (χ3v) is 3.95. The zero-order chi connectivity index (χ0) is 12.4. The lowest BCUT2D eigenvalue weighted by atomic mass is 10.2. The Morgan fingerprint density at radius 2 is 1.94 bits per heavy atom. The van der Waals surface area contributed by atoms with Crippen LogP contribution in [-0.4, -0.2) is 42.6 Å². The van der Waals surface area contributed by atoms with Crippen molar-refractivity contribution in [2.24, 2.45) is 11.7 Å². The van der Waals surface area contributed by atoms with Gasteiger partial charge in [-0.3, -0.25) is 4.90 Å². The van der Waals surface area contributed by atoms with Crippen molar-refractivity contribution in [2.75, 3.05) is 37.6 Å². The molecule has 0 atom stereocenters. The van der Waals surface area contributed by atoms with Crippen LogP contribution in [0.1, 0.15) is 18.4 Å². The van der Waals surface area contributed by atoms with E-state index in [1.165, 1.54) is 32.5 Å². The molecule has 1 saturated carbocycles. The van der Waals surface area contributed by atoms with Gasteiger partial charge in [-0.1, -0.05) is 6.07 Å². The summed E-state index contributed by atoms with van der Waals surface area (Å²) in [5.74, 6) is 2.09. The Labute approximate surface area is 109 Å². The Morgan fingerprint density at radius 3 is 2.50 bits per heavy atom. The zero-order valence-electron chi connectivity index (χ0n) is 10.9. The highest BCUT2D eigenvalue weighted by atomic mass is 15.3. The first-order valence-electron chi connectivity index (χ1n) is 6.97. The highest BCUT2D eigenvalue weighted by Gasteiger charge is 2.26. The molecule has 0 aromatic carbocycles. The molecule has 2 N–H and O–H groups in total. The second-order valence-electron chi connectivity index (χ2n) is 5.46. The quantitative estimate of drug-likeness (QED) is 0.863. The van der Waals surface area contributed by atoms with Gasteiger partial charge in [-0.2, -0.15) is 0 Å². The molecule has 0 unspecified atom stereocenters. The van der Waals surface area contributed by atoms with E-state index < -0.39 is 0 Å². The van der Waals surface area contributed by atoms with Crippen molar-refractivity contribution < 1.29 is 0 Å². The standard InChI is InChI=1S/C14H22N4/c15-9-13-3-4-14(16-10-13)18-7-5-17(6-8-18)11-12-1-2-12/h3-4,10,12H,1-2,5-9,11,15H2. The number of aromatic nitrogens is 1. The van der Waals surface area contributed by atoms with Gasteiger partial charge in [0, 0.05) is 45.5 Å². The van der Waals surface area contributed by atoms with E-state index in [2.05, 4.69) is 26.9 Å². The lowest BCUT2D eigenvalue weighted by Gasteiger charge is -2.35. The van der Waals surface area contributed by atoms with Crippen LogP contribution in [-0.2, 0) is 6.54 Å².